The van der Waals surface area contributed by atoms with Gasteiger partial charge >= 0.3 is 0 Å². The van der Waals surface area contributed by atoms with Gasteiger partial charge in [0.05, 0.1) is 30.5 Å². The third-order valence-electron chi connectivity index (χ3n) is 11.9. The van der Waals surface area contributed by atoms with Crippen LogP contribution >= 0.6 is 0 Å². The van der Waals surface area contributed by atoms with Crippen LogP contribution in [0.15, 0.2) is 0 Å². The molecule has 4 aliphatic carbocycles. The molecular weight excluding hydrogens is 428 g/mol. The Bertz CT molecular complexity index is 819. The molecule has 188 valence electrons. The van der Waals surface area contributed by atoms with E-state index in [2.05, 4.69) is 61.6 Å². The van der Waals surface area contributed by atoms with Crippen molar-refractivity contribution < 1.29 is 18.6 Å². The molecule has 9 unspecified atom stereocenters. The van der Waals surface area contributed by atoms with Crippen LogP contribution in [-0.2, 0) is 18.6 Å². The smallest absolute Gasteiger partial charge is 0.192 e. The molecule has 5 heteroatoms. The summed E-state index contributed by atoms with van der Waals surface area (Å²) in [7, 11) is -1.85. The van der Waals surface area contributed by atoms with Gasteiger partial charge in [-0.1, -0.05) is 47.5 Å². The van der Waals surface area contributed by atoms with Crippen molar-refractivity contribution in [2.24, 2.45) is 34.5 Å². The van der Waals surface area contributed by atoms with E-state index in [0.717, 1.165) is 0 Å². The van der Waals surface area contributed by atoms with E-state index < -0.39 is 14.1 Å². The van der Waals surface area contributed by atoms with E-state index in [0.29, 0.717) is 47.4 Å². The maximum absolute atomic E-state index is 7.18. The Morgan fingerprint density at radius 1 is 0.848 bits per heavy atom. The van der Waals surface area contributed by atoms with Crippen molar-refractivity contribution >= 4 is 8.32 Å². The van der Waals surface area contributed by atoms with Gasteiger partial charge in [-0.2, -0.15) is 0 Å². The number of rotatable bonds is 2. The summed E-state index contributed by atoms with van der Waals surface area (Å²) < 4.78 is 27.5. The van der Waals surface area contributed by atoms with E-state index in [4.69, 9.17) is 18.6 Å². The Morgan fingerprint density at radius 3 is 2.24 bits per heavy atom. The second kappa shape index (κ2) is 6.88. The van der Waals surface area contributed by atoms with Crippen LogP contribution in [0.1, 0.15) is 87.0 Å². The summed E-state index contributed by atoms with van der Waals surface area (Å²) in [6.45, 7) is 21.3. The fraction of sp³-hybridized carbons (Fsp3) is 1.00. The van der Waals surface area contributed by atoms with Crippen molar-refractivity contribution in [2.75, 3.05) is 0 Å². The quantitative estimate of drug-likeness (QED) is 0.335. The van der Waals surface area contributed by atoms with Crippen molar-refractivity contribution in [3.05, 3.63) is 0 Å². The standard InChI is InChI=1S/C28H48O4Si/c1-25(2,3)33(8,9)32-18-14-13-16-19-20(23-24(29-23)28(16,18)7)27(6)15-11-10-12-17(27)21-22(19)31-26(4,5)30-21/h16-24H,10-15H2,1-9H3/t16?,17?,18?,19?,20?,21?,22?,23?,24?,27-,28-/m0/s1. The summed E-state index contributed by atoms with van der Waals surface area (Å²) in [5.41, 5.74) is 0.410. The first-order chi connectivity index (χ1) is 15.2. The van der Waals surface area contributed by atoms with Gasteiger partial charge in [0.15, 0.2) is 14.1 Å². The Morgan fingerprint density at radius 2 is 1.55 bits per heavy atom. The topological polar surface area (TPSA) is 40.2 Å². The van der Waals surface area contributed by atoms with E-state index in [9.17, 15) is 0 Å². The molecule has 6 aliphatic rings. The highest BCUT2D eigenvalue weighted by molar-refractivity contribution is 6.74. The molecule has 4 saturated carbocycles. The predicted molar refractivity (Wildman–Crippen MR) is 132 cm³/mol. The molecule has 33 heavy (non-hydrogen) atoms. The fourth-order valence-corrected chi connectivity index (χ4v) is 10.7. The van der Waals surface area contributed by atoms with Gasteiger partial charge in [0.2, 0.25) is 0 Å². The average molecular weight is 477 g/mol. The van der Waals surface area contributed by atoms with E-state index >= 15 is 0 Å². The molecule has 0 spiro atoms. The van der Waals surface area contributed by atoms with Crippen LogP contribution in [0.5, 0.6) is 0 Å². The van der Waals surface area contributed by atoms with Gasteiger partial charge in [-0.3, -0.25) is 0 Å². The van der Waals surface area contributed by atoms with Gasteiger partial charge in [0.1, 0.15) is 0 Å². The summed E-state index contributed by atoms with van der Waals surface area (Å²) in [6.07, 6.45) is 9.24. The van der Waals surface area contributed by atoms with Gasteiger partial charge < -0.3 is 18.6 Å². The molecule has 11 atom stereocenters. The van der Waals surface area contributed by atoms with Crippen LogP contribution in [0.4, 0.5) is 0 Å². The van der Waals surface area contributed by atoms with E-state index in [-0.39, 0.29) is 22.7 Å². The van der Waals surface area contributed by atoms with Gasteiger partial charge in [-0.25, -0.2) is 0 Å². The molecule has 0 amide bonds. The molecule has 0 aromatic carbocycles. The van der Waals surface area contributed by atoms with Gasteiger partial charge in [0, 0.05) is 5.41 Å². The van der Waals surface area contributed by atoms with Crippen molar-refractivity contribution in [2.45, 2.75) is 141 Å². The lowest BCUT2D eigenvalue weighted by Gasteiger charge is -2.61. The van der Waals surface area contributed by atoms with Crippen molar-refractivity contribution in [3.8, 4) is 0 Å². The molecule has 2 aliphatic heterocycles. The van der Waals surface area contributed by atoms with Crippen molar-refractivity contribution in [3.63, 3.8) is 0 Å². The lowest BCUT2D eigenvalue weighted by Crippen LogP contribution is -2.65. The third-order valence-corrected chi connectivity index (χ3v) is 16.4. The highest BCUT2D eigenvalue weighted by Crippen LogP contribution is 2.73. The fourth-order valence-electron chi connectivity index (χ4n) is 9.29. The summed E-state index contributed by atoms with van der Waals surface area (Å²) in [5.74, 6) is 1.87. The van der Waals surface area contributed by atoms with Crippen LogP contribution in [0.3, 0.4) is 0 Å². The minimum absolute atomic E-state index is 0.0971. The summed E-state index contributed by atoms with van der Waals surface area (Å²) >= 11 is 0. The lowest BCUT2D eigenvalue weighted by atomic mass is 9.44. The second-order valence-electron chi connectivity index (χ2n) is 15.0. The monoisotopic (exact) mass is 476 g/mol. The highest BCUT2D eigenvalue weighted by atomic mass is 28.4. The van der Waals surface area contributed by atoms with Crippen molar-refractivity contribution in [1.82, 2.24) is 0 Å². The van der Waals surface area contributed by atoms with Crippen molar-refractivity contribution in [1.29, 1.82) is 0 Å². The van der Waals surface area contributed by atoms with Crippen LogP contribution in [0, 0.1) is 34.5 Å². The number of hydrogen-bond acceptors (Lipinski definition) is 4. The summed E-state index contributed by atoms with van der Waals surface area (Å²) in [5, 5.41) is 0.230. The Kier molecular flexibility index (Phi) is 4.89. The molecule has 2 saturated heterocycles. The molecule has 0 aromatic heterocycles. The molecular formula is C28H48O4Si. The largest absolute Gasteiger partial charge is 0.413 e. The molecule has 0 bridgehead atoms. The Balaban J connectivity index is 1.39. The lowest BCUT2D eigenvalue weighted by molar-refractivity contribution is -0.172. The second-order valence-corrected chi connectivity index (χ2v) is 19.7. The van der Waals surface area contributed by atoms with Crippen LogP contribution in [0.2, 0.25) is 18.1 Å². The van der Waals surface area contributed by atoms with Gasteiger partial charge in [0.25, 0.3) is 0 Å². The zero-order valence-corrected chi connectivity index (χ0v) is 23.6. The molecule has 0 N–H and O–H groups in total. The molecule has 6 rings (SSSR count). The minimum atomic E-state index is -1.85. The van der Waals surface area contributed by atoms with Gasteiger partial charge in [-0.15, -0.1) is 0 Å². The first kappa shape index (κ1) is 23.5. The number of epoxide rings is 1. The van der Waals surface area contributed by atoms with Crippen LogP contribution < -0.4 is 0 Å². The Hall–Kier alpha value is 0.0569. The average Bonchev–Trinajstić information content (AvgIpc) is 3.33. The number of fused-ring (bicyclic) bond motifs is 11. The summed E-state index contributed by atoms with van der Waals surface area (Å²) in [6, 6.07) is 0. The maximum Gasteiger partial charge on any atom is 0.192 e. The first-order valence-electron chi connectivity index (χ1n) is 13.9. The zero-order chi connectivity index (χ0) is 23.8. The van der Waals surface area contributed by atoms with Crippen LogP contribution in [0.25, 0.3) is 0 Å². The summed E-state index contributed by atoms with van der Waals surface area (Å²) in [4.78, 5) is 0. The minimum Gasteiger partial charge on any atom is -0.413 e. The van der Waals surface area contributed by atoms with E-state index in [1.54, 1.807) is 0 Å². The van der Waals surface area contributed by atoms with E-state index in [1.807, 2.05) is 0 Å². The molecule has 2 heterocycles. The predicted octanol–water partition coefficient (Wildman–Crippen LogP) is 6.54. The highest BCUT2D eigenvalue weighted by Gasteiger charge is 2.78. The molecule has 4 nitrogen and oxygen atoms in total. The Labute approximate surface area is 203 Å². The zero-order valence-electron chi connectivity index (χ0n) is 22.6. The number of ether oxygens (including phenoxy) is 3. The first-order valence-corrected chi connectivity index (χ1v) is 16.8. The van der Waals surface area contributed by atoms with Crippen LogP contribution in [-0.4, -0.2) is 44.6 Å². The van der Waals surface area contributed by atoms with Gasteiger partial charge in [-0.05, 0) is 86.7 Å². The van der Waals surface area contributed by atoms with E-state index in [1.165, 1.54) is 38.5 Å². The molecule has 0 radical (unpaired) electrons. The maximum atomic E-state index is 7.18. The third kappa shape index (κ3) is 3.07. The molecule has 0 aromatic rings. The SMILES string of the molecule is CC1(C)OC2C(O1)C1CCCC[C@]1(C)C1C3OC3[C@]3(C)C(O[Si](C)(C)C(C)(C)C)CCC3C21. The molecule has 6 fully saturated rings. The normalized spacial score (nSPS) is 54.6. The number of hydrogen-bond donors (Lipinski definition) is 0.